The van der Waals surface area contributed by atoms with Gasteiger partial charge in [-0.2, -0.15) is 0 Å². The zero-order valence-electron chi connectivity index (χ0n) is 14.0. The summed E-state index contributed by atoms with van der Waals surface area (Å²) < 4.78 is 32.2. The molecule has 1 amide bonds. The van der Waals surface area contributed by atoms with Crippen LogP contribution in [-0.4, -0.2) is 45.5 Å². The fourth-order valence-electron chi connectivity index (χ4n) is 2.06. The van der Waals surface area contributed by atoms with Gasteiger partial charge in [0.2, 0.25) is 15.9 Å². The summed E-state index contributed by atoms with van der Waals surface area (Å²) in [4.78, 5) is 13.4. The molecule has 7 heteroatoms. The van der Waals surface area contributed by atoms with Gasteiger partial charge in [-0.1, -0.05) is 13.3 Å². The monoisotopic (exact) mass is 342 g/mol. The van der Waals surface area contributed by atoms with Gasteiger partial charge in [-0.3, -0.25) is 4.79 Å². The molecule has 0 aromatic heterocycles. The van der Waals surface area contributed by atoms with Crippen LogP contribution >= 0.6 is 0 Å². The Kier molecular flexibility index (Phi) is 8.05. The van der Waals surface area contributed by atoms with Crippen LogP contribution in [-0.2, 0) is 14.8 Å². The normalized spacial score (nSPS) is 11.3. The van der Waals surface area contributed by atoms with Crippen LogP contribution in [0.15, 0.2) is 29.2 Å². The van der Waals surface area contributed by atoms with Gasteiger partial charge < -0.3 is 9.64 Å². The third-order valence-corrected chi connectivity index (χ3v) is 4.82. The van der Waals surface area contributed by atoms with Gasteiger partial charge in [-0.25, -0.2) is 13.1 Å². The van der Waals surface area contributed by atoms with E-state index in [0.717, 1.165) is 12.8 Å². The minimum Gasteiger partial charge on any atom is -0.494 e. The Labute approximate surface area is 138 Å². The molecule has 0 saturated heterocycles. The molecule has 1 aromatic rings. The van der Waals surface area contributed by atoms with Gasteiger partial charge in [0.15, 0.2) is 0 Å². The molecule has 1 aromatic carbocycles. The zero-order chi connectivity index (χ0) is 17.3. The van der Waals surface area contributed by atoms with Gasteiger partial charge in [-0.05, 0) is 37.6 Å². The molecule has 6 nitrogen and oxygen atoms in total. The molecule has 0 saturated carbocycles. The summed E-state index contributed by atoms with van der Waals surface area (Å²) in [7, 11) is -3.58. The van der Waals surface area contributed by atoms with Crippen LogP contribution in [0.3, 0.4) is 0 Å². The van der Waals surface area contributed by atoms with Crippen LogP contribution in [0.1, 0.15) is 33.6 Å². The Morgan fingerprint density at radius 1 is 1.17 bits per heavy atom. The molecule has 0 aliphatic heterocycles. The summed E-state index contributed by atoms with van der Waals surface area (Å²) in [5.74, 6) is 0.590. The number of nitrogens with zero attached hydrogens (tertiary/aromatic N) is 1. The molecular weight excluding hydrogens is 316 g/mol. The van der Waals surface area contributed by atoms with Crippen LogP contribution in [0.5, 0.6) is 5.75 Å². The predicted molar refractivity (Wildman–Crippen MR) is 90.0 cm³/mol. The van der Waals surface area contributed by atoms with Crippen molar-refractivity contribution in [2.75, 3.05) is 26.2 Å². The summed E-state index contributed by atoms with van der Waals surface area (Å²) in [6.07, 6.45) is 1.90. The number of hydrogen-bond acceptors (Lipinski definition) is 4. The van der Waals surface area contributed by atoms with E-state index < -0.39 is 10.0 Å². The average molecular weight is 342 g/mol. The third kappa shape index (κ3) is 6.58. The number of amides is 1. The molecule has 1 N–H and O–H groups in total. The molecule has 0 heterocycles. The van der Waals surface area contributed by atoms with E-state index in [1.165, 1.54) is 19.1 Å². The number of ether oxygens (including phenoxy) is 1. The second-order valence-electron chi connectivity index (χ2n) is 5.16. The van der Waals surface area contributed by atoms with Crippen LogP contribution in [0, 0.1) is 0 Å². The Morgan fingerprint density at radius 3 is 2.35 bits per heavy atom. The van der Waals surface area contributed by atoms with E-state index in [9.17, 15) is 13.2 Å². The van der Waals surface area contributed by atoms with Crippen molar-refractivity contribution in [3.8, 4) is 5.75 Å². The van der Waals surface area contributed by atoms with E-state index in [1.54, 1.807) is 17.0 Å². The lowest BCUT2D eigenvalue weighted by atomic mass is 10.3. The largest absolute Gasteiger partial charge is 0.494 e. The van der Waals surface area contributed by atoms with Crippen molar-refractivity contribution in [3.05, 3.63) is 24.3 Å². The summed E-state index contributed by atoms with van der Waals surface area (Å²) in [6, 6.07) is 6.27. The SMILES string of the molecule is CCCCN(CCNS(=O)(=O)c1ccc(OCC)cc1)C(C)=O. The van der Waals surface area contributed by atoms with Crippen LogP contribution in [0.4, 0.5) is 0 Å². The number of unbranched alkanes of at least 4 members (excludes halogenated alkanes) is 1. The smallest absolute Gasteiger partial charge is 0.240 e. The topological polar surface area (TPSA) is 75.7 Å². The zero-order valence-corrected chi connectivity index (χ0v) is 14.9. The van der Waals surface area contributed by atoms with Crippen LogP contribution < -0.4 is 9.46 Å². The minimum atomic E-state index is -3.58. The molecule has 23 heavy (non-hydrogen) atoms. The Bertz CT molecular complexity index is 585. The summed E-state index contributed by atoms with van der Waals surface area (Å²) >= 11 is 0. The first-order valence-corrected chi connectivity index (χ1v) is 9.37. The minimum absolute atomic E-state index is 0.0429. The molecule has 0 aliphatic carbocycles. The number of sulfonamides is 1. The molecule has 0 aliphatic rings. The first-order valence-electron chi connectivity index (χ1n) is 7.88. The van der Waals surface area contributed by atoms with E-state index in [4.69, 9.17) is 4.74 Å². The maximum absolute atomic E-state index is 12.2. The lowest BCUT2D eigenvalue weighted by Gasteiger charge is -2.20. The van der Waals surface area contributed by atoms with Crippen molar-refractivity contribution in [1.82, 2.24) is 9.62 Å². The maximum atomic E-state index is 12.2. The Hall–Kier alpha value is -1.60. The van der Waals surface area contributed by atoms with Crippen LogP contribution in [0.25, 0.3) is 0 Å². The maximum Gasteiger partial charge on any atom is 0.240 e. The fraction of sp³-hybridized carbons (Fsp3) is 0.562. The first kappa shape index (κ1) is 19.4. The summed E-state index contributed by atoms with van der Waals surface area (Å²) in [5, 5.41) is 0. The second kappa shape index (κ2) is 9.52. The molecule has 1 rings (SSSR count). The number of benzene rings is 1. The molecule has 0 unspecified atom stereocenters. The van der Waals surface area contributed by atoms with Gasteiger partial charge in [0.1, 0.15) is 5.75 Å². The molecule has 0 spiro atoms. The number of carbonyl (C=O) groups excluding carboxylic acids is 1. The molecule has 0 fully saturated rings. The van der Waals surface area contributed by atoms with Crippen molar-refractivity contribution in [1.29, 1.82) is 0 Å². The molecule has 0 bridgehead atoms. The highest BCUT2D eigenvalue weighted by atomic mass is 32.2. The molecule has 0 atom stereocenters. The highest BCUT2D eigenvalue weighted by Gasteiger charge is 2.15. The van der Waals surface area contributed by atoms with Gasteiger partial charge in [0.05, 0.1) is 11.5 Å². The third-order valence-electron chi connectivity index (χ3n) is 3.35. The number of rotatable bonds is 10. The van der Waals surface area contributed by atoms with Gasteiger partial charge in [0.25, 0.3) is 0 Å². The lowest BCUT2D eigenvalue weighted by Crippen LogP contribution is -2.38. The van der Waals surface area contributed by atoms with Gasteiger partial charge >= 0.3 is 0 Å². The molecular formula is C16H26N2O4S. The summed E-state index contributed by atoms with van der Waals surface area (Å²) in [5.41, 5.74) is 0. The van der Waals surface area contributed by atoms with Gasteiger partial charge in [-0.15, -0.1) is 0 Å². The number of carbonyl (C=O) groups is 1. The highest BCUT2D eigenvalue weighted by molar-refractivity contribution is 7.89. The van der Waals surface area contributed by atoms with E-state index in [2.05, 4.69) is 4.72 Å². The molecule has 130 valence electrons. The highest BCUT2D eigenvalue weighted by Crippen LogP contribution is 2.15. The Morgan fingerprint density at radius 2 is 1.83 bits per heavy atom. The van der Waals surface area contributed by atoms with Crippen molar-refractivity contribution in [2.24, 2.45) is 0 Å². The average Bonchev–Trinajstić information content (AvgIpc) is 2.51. The van der Waals surface area contributed by atoms with Crippen molar-refractivity contribution >= 4 is 15.9 Å². The Balaban J connectivity index is 2.59. The lowest BCUT2D eigenvalue weighted by molar-refractivity contribution is -0.128. The van der Waals surface area contributed by atoms with Crippen molar-refractivity contribution < 1.29 is 17.9 Å². The summed E-state index contributed by atoms with van der Waals surface area (Å²) in [6.45, 7) is 7.15. The van der Waals surface area contributed by atoms with Gasteiger partial charge in [0, 0.05) is 26.6 Å². The standard InChI is InChI=1S/C16H26N2O4S/c1-4-6-12-18(14(3)19)13-11-17-23(20,21)16-9-7-15(8-10-16)22-5-2/h7-10,17H,4-6,11-13H2,1-3H3. The van der Waals surface area contributed by atoms with E-state index in [0.29, 0.717) is 25.4 Å². The second-order valence-corrected chi connectivity index (χ2v) is 6.93. The van der Waals surface area contributed by atoms with E-state index in [-0.39, 0.29) is 17.3 Å². The quantitative estimate of drug-likeness (QED) is 0.706. The predicted octanol–water partition coefficient (Wildman–Crippen LogP) is 2.01. The number of hydrogen-bond donors (Lipinski definition) is 1. The van der Waals surface area contributed by atoms with Crippen molar-refractivity contribution in [3.63, 3.8) is 0 Å². The van der Waals surface area contributed by atoms with Crippen molar-refractivity contribution in [2.45, 2.75) is 38.5 Å². The van der Waals surface area contributed by atoms with E-state index in [1.807, 2.05) is 13.8 Å². The van der Waals surface area contributed by atoms with Crippen LogP contribution in [0.2, 0.25) is 0 Å². The fourth-order valence-corrected chi connectivity index (χ4v) is 3.08. The molecule has 0 radical (unpaired) electrons. The number of nitrogens with one attached hydrogen (secondary N) is 1. The van der Waals surface area contributed by atoms with E-state index >= 15 is 0 Å². The first-order chi connectivity index (χ1) is 10.9.